The van der Waals surface area contributed by atoms with E-state index >= 15 is 0 Å². The van der Waals surface area contributed by atoms with E-state index < -0.39 is 0 Å². The highest BCUT2D eigenvalue weighted by molar-refractivity contribution is 9.08. The van der Waals surface area contributed by atoms with Gasteiger partial charge in [0, 0.05) is 15.4 Å². The van der Waals surface area contributed by atoms with Crippen molar-refractivity contribution in [3.05, 3.63) is 28.6 Å². The molecule has 1 heterocycles. The average molecular weight is 267 g/mol. The van der Waals surface area contributed by atoms with Gasteiger partial charge in [0.2, 0.25) is 0 Å². The van der Waals surface area contributed by atoms with Crippen molar-refractivity contribution in [2.45, 2.75) is 5.33 Å². The molecule has 0 saturated heterocycles. The van der Waals surface area contributed by atoms with Gasteiger partial charge in [-0.2, -0.15) is 5.26 Å². The van der Waals surface area contributed by atoms with Gasteiger partial charge >= 0.3 is 0 Å². The van der Waals surface area contributed by atoms with Gasteiger partial charge in [-0.1, -0.05) is 22.0 Å². The SMILES string of the molecule is N#Cc1sc2ccc(CBr)cc2c1N. The third-order valence-electron chi connectivity index (χ3n) is 2.05. The summed E-state index contributed by atoms with van der Waals surface area (Å²) in [5, 5.41) is 10.6. The Kier molecular flexibility index (Phi) is 2.44. The number of nitriles is 1. The van der Waals surface area contributed by atoms with Crippen molar-refractivity contribution in [3.8, 4) is 6.07 Å². The van der Waals surface area contributed by atoms with E-state index in [0.717, 1.165) is 15.4 Å². The molecule has 2 aromatic rings. The van der Waals surface area contributed by atoms with Crippen LogP contribution >= 0.6 is 27.3 Å². The van der Waals surface area contributed by atoms with Crippen LogP contribution in [0.4, 0.5) is 5.69 Å². The number of nitrogens with zero attached hydrogens (tertiary/aromatic N) is 1. The normalized spacial score (nSPS) is 10.3. The highest BCUT2D eigenvalue weighted by Gasteiger charge is 2.08. The number of nitrogens with two attached hydrogens (primary N) is 1. The number of nitrogen functional groups attached to an aromatic ring is 1. The molecule has 0 bridgehead atoms. The monoisotopic (exact) mass is 266 g/mol. The zero-order valence-corrected chi connectivity index (χ0v) is 9.65. The molecule has 1 aromatic heterocycles. The number of alkyl halides is 1. The summed E-state index contributed by atoms with van der Waals surface area (Å²) in [6.07, 6.45) is 0. The lowest BCUT2D eigenvalue weighted by molar-refractivity contribution is 1.47. The van der Waals surface area contributed by atoms with Crippen LogP contribution in [0, 0.1) is 11.3 Å². The zero-order chi connectivity index (χ0) is 10.1. The number of anilines is 1. The molecule has 14 heavy (non-hydrogen) atoms. The summed E-state index contributed by atoms with van der Waals surface area (Å²) in [5.74, 6) is 0. The summed E-state index contributed by atoms with van der Waals surface area (Å²) in [6, 6.07) is 8.17. The maximum Gasteiger partial charge on any atom is 0.129 e. The first-order chi connectivity index (χ1) is 6.76. The number of hydrogen-bond donors (Lipinski definition) is 1. The van der Waals surface area contributed by atoms with Gasteiger partial charge in [-0.3, -0.25) is 0 Å². The standard InChI is InChI=1S/C10H7BrN2S/c11-4-6-1-2-8-7(3-6)10(13)9(5-12)14-8/h1-3H,4,13H2. The minimum Gasteiger partial charge on any atom is -0.396 e. The van der Waals surface area contributed by atoms with E-state index in [0.29, 0.717) is 10.6 Å². The lowest BCUT2D eigenvalue weighted by Crippen LogP contribution is -1.85. The first-order valence-corrected chi connectivity index (χ1v) is 5.97. The molecule has 4 heteroatoms. The van der Waals surface area contributed by atoms with Crippen molar-refractivity contribution in [2.24, 2.45) is 0 Å². The Morgan fingerprint density at radius 1 is 1.50 bits per heavy atom. The summed E-state index contributed by atoms with van der Waals surface area (Å²) in [4.78, 5) is 0.603. The molecule has 0 aliphatic carbocycles. The largest absolute Gasteiger partial charge is 0.396 e. The van der Waals surface area contributed by atoms with Crippen LogP contribution in [0.25, 0.3) is 10.1 Å². The lowest BCUT2D eigenvalue weighted by Gasteiger charge is -1.95. The molecular weight excluding hydrogens is 260 g/mol. The molecule has 1 aromatic carbocycles. The van der Waals surface area contributed by atoms with Gasteiger partial charge in [0.1, 0.15) is 10.9 Å². The fourth-order valence-electron chi connectivity index (χ4n) is 1.33. The Labute approximate surface area is 94.1 Å². The molecule has 2 N–H and O–H groups in total. The van der Waals surface area contributed by atoms with Gasteiger partial charge in [-0.05, 0) is 17.7 Å². The first kappa shape index (κ1) is 9.50. The van der Waals surface area contributed by atoms with E-state index in [-0.39, 0.29) is 0 Å². The number of rotatable bonds is 1. The summed E-state index contributed by atoms with van der Waals surface area (Å²) in [5.41, 5.74) is 7.63. The van der Waals surface area contributed by atoms with E-state index in [4.69, 9.17) is 11.0 Å². The van der Waals surface area contributed by atoms with Gasteiger partial charge in [0.15, 0.2) is 0 Å². The Morgan fingerprint density at radius 3 is 2.93 bits per heavy atom. The van der Waals surface area contributed by atoms with Crippen LogP contribution in [0.1, 0.15) is 10.4 Å². The smallest absolute Gasteiger partial charge is 0.129 e. The molecule has 0 amide bonds. The highest BCUT2D eigenvalue weighted by Crippen LogP contribution is 2.33. The van der Waals surface area contributed by atoms with Crippen LogP contribution < -0.4 is 5.73 Å². The van der Waals surface area contributed by atoms with Gasteiger partial charge < -0.3 is 5.73 Å². The van der Waals surface area contributed by atoms with E-state index in [1.54, 1.807) is 0 Å². The average Bonchev–Trinajstić information content (AvgIpc) is 2.55. The molecule has 0 unspecified atom stereocenters. The van der Waals surface area contributed by atoms with E-state index in [1.165, 1.54) is 16.9 Å². The summed E-state index contributed by atoms with van der Waals surface area (Å²) in [7, 11) is 0. The summed E-state index contributed by atoms with van der Waals surface area (Å²) in [6.45, 7) is 0. The molecule has 0 radical (unpaired) electrons. The molecule has 70 valence electrons. The Balaban J connectivity index is 2.76. The molecule has 0 aliphatic heterocycles. The second kappa shape index (κ2) is 3.60. The topological polar surface area (TPSA) is 49.8 Å². The molecule has 0 fully saturated rings. The predicted octanol–water partition coefficient (Wildman–Crippen LogP) is 3.25. The summed E-state index contributed by atoms with van der Waals surface area (Å²) < 4.78 is 1.07. The van der Waals surface area contributed by atoms with Crippen molar-refractivity contribution >= 4 is 43.0 Å². The van der Waals surface area contributed by atoms with Crippen LogP contribution in [0.15, 0.2) is 18.2 Å². The lowest BCUT2D eigenvalue weighted by atomic mass is 10.1. The van der Waals surface area contributed by atoms with E-state index in [2.05, 4.69) is 22.0 Å². The molecule has 0 aliphatic rings. The molecular formula is C10H7BrN2S. The van der Waals surface area contributed by atoms with Gasteiger partial charge in [-0.15, -0.1) is 11.3 Å². The zero-order valence-electron chi connectivity index (χ0n) is 7.25. The number of benzene rings is 1. The predicted molar refractivity (Wildman–Crippen MR) is 63.6 cm³/mol. The van der Waals surface area contributed by atoms with Crippen molar-refractivity contribution < 1.29 is 0 Å². The minimum atomic E-state index is 0.603. The molecule has 0 spiro atoms. The maximum atomic E-state index is 8.82. The Morgan fingerprint density at radius 2 is 2.29 bits per heavy atom. The Hall–Kier alpha value is -1.05. The quantitative estimate of drug-likeness (QED) is 0.806. The van der Waals surface area contributed by atoms with Crippen molar-refractivity contribution in [2.75, 3.05) is 5.73 Å². The Bertz CT molecular complexity index is 525. The number of hydrogen-bond acceptors (Lipinski definition) is 3. The fourth-order valence-corrected chi connectivity index (χ4v) is 2.58. The van der Waals surface area contributed by atoms with Crippen LogP contribution in [0.3, 0.4) is 0 Å². The van der Waals surface area contributed by atoms with Crippen molar-refractivity contribution in [1.29, 1.82) is 5.26 Å². The van der Waals surface area contributed by atoms with Crippen molar-refractivity contribution in [1.82, 2.24) is 0 Å². The van der Waals surface area contributed by atoms with Crippen LogP contribution in [0.2, 0.25) is 0 Å². The van der Waals surface area contributed by atoms with Crippen LogP contribution in [0.5, 0.6) is 0 Å². The summed E-state index contributed by atoms with van der Waals surface area (Å²) >= 11 is 4.83. The molecule has 0 atom stereocenters. The van der Waals surface area contributed by atoms with Gasteiger partial charge in [0.05, 0.1) is 5.69 Å². The van der Waals surface area contributed by atoms with Crippen molar-refractivity contribution in [3.63, 3.8) is 0 Å². The number of fused-ring (bicyclic) bond motifs is 1. The van der Waals surface area contributed by atoms with E-state index in [9.17, 15) is 0 Å². The highest BCUT2D eigenvalue weighted by atomic mass is 79.9. The molecule has 2 nitrogen and oxygen atoms in total. The molecule has 2 rings (SSSR count). The fraction of sp³-hybridized carbons (Fsp3) is 0.100. The maximum absolute atomic E-state index is 8.82. The second-order valence-corrected chi connectivity index (χ2v) is 4.53. The number of halogens is 1. The van der Waals surface area contributed by atoms with Crippen LogP contribution in [-0.4, -0.2) is 0 Å². The molecule has 0 saturated carbocycles. The van der Waals surface area contributed by atoms with Gasteiger partial charge in [0.25, 0.3) is 0 Å². The number of thiophene rings is 1. The third-order valence-corrected chi connectivity index (χ3v) is 3.79. The second-order valence-electron chi connectivity index (χ2n) is 2.92. The van der Waals surface area contributed by atoms with Crippen LogP contribution in [-0.2, 0) is 5.33 Å². The third kappa shape index (κ3) is 1.39. The van der Waals surface area contributed by atoms with E-state index in [1.807, 2.05) is 18.2 Å². The minimum absolute atomic E-state index is 0.603. The first-order valence-electron chi connectivity index (χ1n) is 4.03. The van der Waals surface area contributed by atoms with Gasteiger partial charge in [-0.25, -0.2) is 0 Å².